The molecule has 0 heterocycles. The van der Waals surface area contributed by atoms with Gasteiger partial charge in [0.15, 0.2) is 0 Å². The summed E-state index contributed by atoms with van der Waals surface area (Å²) in [5.74, 6) is 0. The molecule has 0 bridgehead atoms. The number of benzene rings is 1. The molecule has 13 heavy (non-hydrogen) atoms. The smallest absolute Gasteiger partial charge is 0.0473 e. The monoisotopic (exact) mass is 432 g/mol. The zero-order valence-corrected chi connectivity index (χ0v) is 13.3. The lowest BCUT2D eigenvalue weighted by molar-refractivity contribution is 0.914. The molecule has 0 amide bonds. The first kappa shape index (κ1) is 12.2. The molecular weight excluding hydrogens is 428 g/mol. The fraction of sp³-hybridized carbons (Fsp3) is 0.333. The van der Waals surface area contributed by atoms with Crippen LogP contribution >= 0.6 is 63.7 Å². The Morgan fingerprint density at radius 3 is 2.15 bits per heavy atom. The summed E-state index contributed by atoms with van der Waals surface area (Å²) in [4.78, 5) is 0. The minimum absolute atomic E-state index is 1.05. The Bertz CT molecular complexity index is 320. The summed E-state index contributed by atoms with van der Waals surface area (Å²) in [5, 5.41) is 0. The molecule has 0 aromatic heterocycles. The van der Waals surface area contributed by atoms with Crippen molar-refractivity contribution in [1.29, 1.82) is 0 Å². The fourth-order valence-electron chi connectivity index (χ4n) is 1.07. The van der Waals surface area contributed by atoms with Crippen LogP contribution in [0.5, 0.6) is 0 Å². The molecule has 4 heteroatoms. The van der Waals surface area contributed by atoms with E-state index in [1.807, 2.05) is 0 Å². The van der Waals surface area contributed by atoms with Crippen molar-refractivity contribution in [1.82, 2.24) is 0 Å². The van der Waals surface area contributed by atoms with Crippen molar-refractivity contribution in [2.24, 2.45) is 0 Å². The molecule has 1 rings (SSSR count). The average Bonchev–Trinajstić information content (AvgIpc) is 2.11. The first-order chi connectivity index (χ1) is 6.07. The maximum Gasteiger partial charge on any atom is 0.0473 e. The third-order valence-electron chi connectivity index (χ3n) is 1.70. The summed E-state index contributed by atoms with van der Waals surface area (Å²) >= 11 is 14.1. The van der Waals surface area contributed by atoms with E-state index in [0.29, 0.717) is 0 Å². The van der Waals surface area contributed by atoms with E-state index in [1.54, 1.807) is 0 Å². The number of halogens is 4. The van der Waals surface area contributed by atoms with Crippen molar-refractivity contribution in [2.75, 3.05) is 0 Å². The van der Waals surface area contributed by atoms with E-state index in [0.717, 1.165) is 30.7 Å². The topological polar surface area (TPSA) is 0 Å². The van der Waals surface area contributed by atoms with Crippen LogP contribution in [0.3, 0.4) is 0 Å². The molecule has 0 atom stereocenters. The minimum Gasteiger partial charge on any atom is -0.0651 e. The second kappa shape index (κ2) is 5.29. The van der Waals surface area contributed by atoms with Gasteiger partial charge in [-0.2, -0.15) is 0 Å². The highest BCUT2D eigenvalue weighted by Crippen LogP contribution is 2.39. The van der Waals surface area contributed by atoms with Crippen LogP contribution in [0.1, 0.15) is 18.9 Å². The number of rotatable bonds is 2. The van der Waals surface area contributed by atoms with Crippen LogP contribution in [-0.4, -0.2) is 0 Å². The predicted octanol–water partition coefficient (Wildman–Crippen LogP) is 5.69. The lowest BCUT2D eigenvalue weighted by Crippen LogP contribution is -1.88. The quantitative estimate of drug-likeness (QED) is 0.413. The van der Waals surface area contributed by atoms with Crippen LogP contribution in [0, 0.1) is 0 Å². The highest BCUT2D eigenvalue weighted by molar-refractivity contribution is 9.15. The van der Waals surface area contributed by atoms with Gasteiger partial charge in [0.25, 0.3) is 0 Å². The summed E-state index contributed by atoms with van der Waals surface area (Å²) in [6.45, 7) is 2.18. The van der Waals surface area contributed by atoms with Crippen LogP contribution in [0.25, 0.3) is 0 Å². The van der Waals surface area contributed by atoms with E-state index in [-0.39, 0.29) is 0 Å². The Morgan fingerprint density at radius 2 is 1.62 bits per heavy atom. The van der Waals surface area contributed by atoms with E-state index in [1.165, 1.54) is 5.56 Å². The maximum absolute atomic E-state index is 3.57. The molecule has 72 valence electrons. The molecule has 0 nitrogen and oxygen atoms in total. The fourth-order valence-corrected chi connectivity index (χ4v) is 3.37. The molecule has 0 unspecified atom stereocenters. The van der Waals surface area contributed by atoms with Gasteiger partial charge in [-0.3, -0.25) is 0 Å². The molecule has 0 aliphatic heterocycles. The Kier molecular flexibility index (Phi) is 4.97. The van der Waals surface area contributed by atoms with Gasteiger partial charge in [-0.15, -0.1) is 0 Å². The second-order valence-corrected chi connectivity index (χ2v) is 5.94. The second-order valence-electron chi connectivity index (χ2n) is 2.71. The zero-order chi connectivity index (χ0) is 10.0. The summed E-state index contributed by atoms with van der Waals surface area (Å²) in [6.07, 6.45) is 2.24. The molecule has 0 spiro atoms. The van der Waals surface area contributed by atoms with Crippen LogP contribution < -0.4 is 0 Å². The van der Waals surface area contributed by atoms with E-state index >= 15 is 0 Å². The summed E-state index contributed by atoms with van der Waals surface area (Å²) in [6, 6.07) is 2.14. The molecule has 0 radical (unpaired) electrons. The van der Waals surface area contributed by atoms with Gasteiger partial charge in [0.05, 0.1) is 0 Å². The third-order valence-corrected chi connectivity index (χ3v) is 6.44. The van der Waals surface area contributed by atoms with E-state index < -0.39 is 0 Å². The van der Waals surface area contributed by atoms with Gasteiger partial charge in [0, 0.05) is 17.9 Å². The van der Waals surface area contributed by atoms with Crippen LogP contribution in [0.4, 0.5) is 0 Å². The molecule has 0 aliphatic carbocycles. The van der Waals surface area contributed by atoms with Crippen LogP contribution in [-0.2, 0) is 6.42 Å². The van der Waals surface area contributed by atoms with E-state index in [2.05, 4.69) is 76.7 Å². The van der Waals surface area contributed by atoms with Gasteiger partial charge in [0.2, 0.25) is 0 Å². The Morgan fingerprint density at radius 1 is 1.00 bits per heavy atom. The van der Waals surface area contributed by atoms with Gasteiger partial charge in [0.1, 0.15) is 0 Å². The summed E-state index contributed by atoms with van der Waals surface area (Å²) in [5.41, 5.74) is 1.32. The number of hydrogen-bond donors (Lipinski definition) is 0. The van der Waals surface area contributed by atoms with Crippen LogP contribution in [0.15, 0.2) is 24.0 Å². The van der Waals surface area contributed by atoms with Crippen molar-refractivity contribution in [3.8, 4) is 0 Å². The van der Waals surface area contributed by atoms with Crippen molar-refractivity contribution in [2.45, 2.75) is 19.8 Å². The Balaban J connectivity index is 3.24. The highest BCUT2D eigenvalue weighted by atomic mass is 79.9. The Labute approximate surface area is 112 Å². The number of aryl methyl sites for hydroxylation is 1. The molecule has 1 aromatic carbocycles. The number of hydrogen-bond acceptors (Lipinski definition) is 0. The molecule has 1 aromatic rings. The maximum atomic E-state index is 3.57. The molecule has 0 fully saturated rings. The van der Waals surface area contributed by atoms with Crippen molar-refractivity contribution < 1.29 is 0 Å². The van der Waals surface area contributed by atoms with Crippen LogP contribution in [0.2, 0.25) is 0 Å². The molecular formula is C9H8Br4. The van der Waals surface area contributed by atoms with Gasteiger partial charge in [-0.25, -0.2) is 0 Å². The minimum atomic E-state index is 1.05. The SMILES string of the molecule is CCCc1cc(Br)c(Br)c(Br)c1Br. The third kappa shape index (κ3) is 2.80. The standard InChI is InChI=1S/C9H8Br4/c1-2-3-5-4-6(10)8(12)9(13)7(5)11/h4H,2-3H2,1H3. The lowest BCUT2D eigenvalue weighted by atomic mass is 10.1. The first-order valence-electron chi connectivity index (χ1n) is 3.89. The first-order valence-corrected chi connectivity index (χ1v) is 7.07. The van der Waals surface area contributed by atoms with Crippen molar-refractivity contribution >= 4 is 63.7 Å². The molecule has 0 saturated carbocycles. The van der Waals surface area contributed by atoms with Gasteiger partial charge >= 0.3 is 0 Å². The largest absolute Gasteiger partial charge is 0.0651 e. The van der Waals surface area contributed by atoms with Gasteiger partial charge in [-0.05, 0) is 81.8 Å². The lowest BCUT2D eigenvalue weighted by Gasteiger charge is -2.08. The Hall–Kier alpha value is 1.14. The van der Waals surface area contributed by atoms with Gasteiger partial charge < -0.3 is 0 Å². The summed E-state index contributed by atoms with van der Waals surface area (Å²) < 4.78 is 4.36. The molecule has 0 saturated heterocycles. The summed E-state index contributed by atoms with van der Waals surface area (Å²) in [7, 11) is 0. The molecule has 0 N–H and O–H groups in total. The van der Waals surface area contributed by atoms with E-state index in [9.17, 15) is 0 Å². The van der Waals surface area contributed by atoms with E-state index in [4.69, 9.17) is 0 Å². The molecule has 0 aliphatic rings. The highest BCUT2D eigenvalue weighted by Gasteiger charge is 2.10. The zero-order valence-electron chi connectivity index (χ0n) is 7.00. The van der Waals surface area contributed by atoms with Gasteiger partial charge in [-0.1, -0.05) is 13.3 Å². The van der Waals surface area contributed by atoms with Crippen molar-refractivity contribution in [3.05, 3.63) is 29.5 Å². The predicted molar refractivity (Wildman–Crippen MR) is 71.2 cm³/mol. The normalized spacial score (nSPS) is 10.5. The average molecular weight is 436 g/mol. The van der Waals surface area contributed by atoms with Crippen molar-refractivity contribution in [3.63, 3.8) is 0 Å².